The molecule has 1 aliphatic rings. The van der Waals surface area contributed by atoms with Gasteiger partial charge in [0.05, 0.1) is 12.8 Å². The molecule has 0 unspecified atom stereocenters. The van der Waals surface area contributed by atoms with Crippen molar-refractivity contribution in [1.82, 2.24) is 9.21 Å². The number of hydrogen-bond donors (Lipinski definition) is 1. The van der Waals surface area contributed by atoms with E-state index in [4.69, 9.17) is 11.6 Å². The fourth-order valence-electron chi connectivity index (χ4n) is 2.35. The number of halogens is 1. The van der Waals surface area contributed by atoms with Gasteiger partial charge in [-0.05, 0) is 24.6 Å². The number of anilines is 1. The Kier molecular flexibility index (Phi) is 5.31. The zero-order chi connectivity index (χ0) is 16.3. The van der Waals surface area contributed by atoms with E-state index >= 15 is 0 Å². The highest BCUT2D eigenvalue weighted by Gasteiger charge is 2.25. The molecule has 0 aromatic heterocycles. The third-order valence-corrected chi connectivity index (χ3v) is 5.47. The topological polar surface area (TPSA) is 69.7 Å². The lowest BCUT2D eigenvalue weighted by atomic mass is 10.2. The zero-order valence-corrected chi connectivity index (χ0v) is 14.2. The molecule has 1 saturated heterocycles. The number of nitrogens with one attached hydrogen (secondary N) is 1. The predicted molar refractivity (Wildman–Crippen MR) is 87.7 cm³/mol. The van der Waals surface area contributed by atoms with Crippen LogP contribution in [0.2, 0.25) is 5.02 Å². The van der Waals surface area contributed by atoms with Crippen LogP contribution in [0.25, 0.3) is 0 Å². The molecule has 1 fully saturated rings. The van der Waals surface area contributed by atoms with Crippen LogP contribution < -0.4 is 5.32 Å². The quantitative estimate of drug-likeness (QED) is 0.889. The smallest absolute Gasteiger partial charge is 0.241 e. The lowest BCUT2D eigenvalue weighted by molar-refractivity contribution is -0.130. The van der Waals surface area contributed by atoms with E-state index in [-0.39, 0.29) is 12.5 Å². The summed E-state index contributed by atoms with van der Waals surface area (Å²) >= 11 is 6.04. The zero-order valence-electron chi connectivity index (χ0n) is 12.7. The van der Waals surface area contributed by atoms with Crippen LogP contribution in [0.15, 0.2) is 18.2 Å². The molecule has 6 nitrogen and oxygen atoms in total. The van der Waals surface area contributed by atoms with Crippen LogP contribution >= 0.6 is 11.6 Å². The predicted octanol–water partition coefficient (Wildman–Crippen LogP) is 1.16. The molecule has 1 amide bonds. The van der Waals surface area contributed by atoms with Crippen molar-refractivity contribution in [3.63, 3.8) is 0 Å². The van der Waals surface area contributed by atoms with E-state index in [1.165, 1.54) is 10.6 Å². The summed E-state index contributed by atoms with van der Waals surface area (Å²) in [6.45, 7) is 3.59. The van der Waals surface area contributed by atoms with Crippen LogP contribution in [-0.2, 0) is 14.8 Å². The molecule has 0 atom stereocenters. The Labute approximate surface area is 136 Å². The summed E-state index contributed by atoms with van der Waals surface area (Å²) in [4.78, 5) is 13.9. The standard InChI is InChI=1S/C14H20ClN3O3S/c1-11-12(15)4-3-5-13(11)16-10-14(19)17-6-8-18(9-7-17)22(2,20)21/h3-5,16H,6-10H2,1-2H3. The molecule has 122 valence electrons. The highest BCUT2D eigenvalue weighted by atomic mass is 35.5. The van der Waals surface area contributed by atoms with Crippen LogP contribution in [0.4, 0.5) is 5.69 Å². The number of piperazine rings is 1. The molecule has 8 heteroatoms. The van der Waals surface area contributed by atoms with Crippen molar-refractivity contribution in [2.45, 2.75) is 6.92 Å². The van der Waals surface area contributed by atoms with Crippen molar-refractivity contribution in [3.05, 3.63) is 28.8 Å². The summed E-state index contributed by atoms with van der Waals surface area (Å²) in [7, 11) is -3.18. The summed E-state index contributed by atoms with van der Waals surface area (Å²) < 4.78 is 24.3. The van der Waals surface area contributed by atoms with Gasteiger partial charge in [0.2, 0.25) is 15.9 Å². The SMILES string of the molecule is Cc1c(Cl)cccc1NCC(=O)N1CCN(S(C)(=O)=O)CC1. The largest absolute Gasteiger partial charge is 0.376 e. The van der Waals surface area contributed by atoms with Crippen LogP contribution in [0, 0.1) is 6.92 Å². The maximum atomic E-state index is 12.2. The van der Waals surface area contributed by atoms with E-state index in [1.807, 2.05) is 19.1 Å². The minimum atomic E-state index is -3.18. The molecule has 1 aromatic rings. The second kappa shape index (κ2) is 6.85. The number of amides is 1. The molecular formula is C14H20ClN3O3S. The van der Waals surface area contributed by atoms with Gasteiger partial charge in [-0.25, -0.2) is 8.42 Å². The molecule has 0 saturated carbocycles. The number of benzene rings is 1. The normalized spacial score (nSPS) is 16.6. The van der Waals surface area contributed by atoms with Crippen LogP contribution in [0.3, 0.4) is 0 Å². The highest BCUT2D eigenvalue weighted by Crippen LogP contribution is 2.22. The van der Waals surface area contributed by atoms with Crippen molar-refractivity contribution in [3.8, 4) is 0 Å². The van der Waals surface area contributed by atoms with E-state index in [0.29, 0.717) is 31.2 Å². The van der Waals surface area contributed by atoms with E-state index < -0.39 is 10.0 Å². The van der Waals surface area contributed by atoms with Gasteiger partial charge in [-0.3, -0.25) is 4.79 Å². The van der Waals surface area contributed by atoms with Crippen LogP contribution in [0.1, 0.15) is 5.56 Å². The number of carbonyl (C=O) groups is 1. The monoisotopic (exact) mass is 345 g/mol. The lowest BCUT2D eigenvalue weighted by Crippen LogP contribution is -2.51. The summed E-state index contributed by atoms with van der Waals surface area (Å²) in [5, 5.41) is 3.74. The first-order valence-corrected chi connectivity index (χ1v) is 9.23. The Morgan fingerprint density at radius 3 is 2.50 bits per heavy atom. The van der Waals surface area contributed by atoms with Gasteiger partial charge >= 0.3 is 0 Å². The first-order valence-electron chi connectivity index (χ1n) is 7.01. The number of hydrogen-bond acceptors (Lipinski definition) is 4. The van der Waals surface area contributed by atoms with Crippen molar-refractivity contribution >= 4 is 33.2 Å². The second-order valence-corrected chi connectivity index (χ2v) is 7.70. The molecule has 0 bridgehead atoms. The fourth-order valence-corrected chi connectivity index (χ4v) is 3.35. The van der Waals surface area contributed by atoms with Gasteiger partial charge in [0.1, 0.15) is 0 Å². The molecular weight excluding hydrogens is 326 g/mol. The van der Waals surface area contributed by atoms with Crippen molar-refractivity contribution in [1.29, 1.82) is 0 Å². The molecule has 1 aliphatic heterocycles. The first-order chi connectivity index (χ1) is 10.3. The van der Waals surface area contributed by atoms with Crippen LogP contribution in [-0.4, -0.2) is 62.5 Å². The number of nitrogens with zero attached hydrogens (tertiary/aromatic N) is 2. The number of sulfonamides is 1. The van der Waals surface area contributed by atoms with E-state index in [1.54, 1.807) is 11.0 Å². The average molecular weight is 346 g/mol. The molecule has 22 heavy (non-hydrogen) atoms. The van der Waals surface area contributed by atoms with Crippen molar-refractivity contribution in [2.24, 2.45) is 0 Å². The minimum absolute atomic E-state index is 0.0486. The summed E-state index contributed by atoms with van der Waals surface area (Å²) in [6.07, 6.45) is 1.19. The van der Waals surface area contributed by atoms with Gasteiger partial charge in [0, 0.05) is 36.9 Å². The molecule has 0 spiro atoms. The Balaban J connectivity index is 1.88. The van der Waals surface area contributed by atoms with E-state index in [9.17, 15) is 13.2 Å². The summed E-state index contributed by atoms with van der Waals surface area (Å²) in [6, 6.07) is 5.50. The third kappa shape index (κ3) is 4.12. The fraction of sp³-hybridized carbons (Fsp3) is 0.500. The maximum absolute atomic E-state index is 12.2. The Morgan fingerprint density at radius 2 is 1.91 bits per heavy atom. The molecule has 2 rings (SSSR count). The summed E-state index contributed by atoms with van der Waals surface area (Å²) in [5.41, 5.74) is 1.73. The average Bonchev–Trinajstić information content (AvgIpc) is 2.48. The molecule has 1 heterocycles. The minimum Gasteiger partial charge on any atom is -0.376 e. The Bertz CT molecular complexity index is 655. The van der Waals surface area contributed by atoms with Crippen LogP contribution in [0.5, 0.6) is 0 Å². The number of rotatable bonds is 4. The van der Waals surface area contributed by atoms with Gasteiger partial charge in [0.25, 0.3) is 0 Å². The molecule has 0 radical (unpaired) electrons. The molecule has 1 aromatic carbocycles. The second-order valence-electron chi connectivity index (χ2n) is 5.31. The van der Waals surface area contributed by atoms with Crippen molar-refractivity contribution in [2.75, 3.05) is 44.3 Å². The van der Waals surface area contributed by atoms with E-state index in [2.05, 4.69) is 5.32 Å². The summed E-state index contributed by atoms with van der Waals surface area (Å²) in [5.74, 6) is -0.0486. The third-order valence-electron chi connectivity index (χ3n) is 3.76. The maximum Gasteiger partial charge on any atom is 0.241 e. The lowest BCUT2D eigenvalue weighted by Gasteiger charge is -2.33. The Hall–Kier alpha value is -1.31. The highest BCUT2D eigenvalue weighted by molar-refractivity contribution is 7.88. The van der Waals surface area contributed by atoms with Gasteiger partial charge in [-0.15, -0.1) is 0 Å². The molecule has 0 aliphatic carbocycles. The van der Waals surface area contributed by atoms with Gasteiger partial charge in [-0.2, -0.15) is 4.31 Å². The molecule has 1 N–H and O–H groups in total. The van der Waals surface area contributed by atoms with Gasteiger partial charge < -0.3 is 10.2 Å². The Morgan fingerprint density at radius 1 is 1.27 bits per heavy atom. The number of carbonyl (C=O) groups excluding carboxylic acids is 1. The van der Waals surface area contributed by atoms with Crippen molar-refractivity contribution < 1.29 is 13.2 Å². The van der Waals surface area contributed by atoms with E-state index in [0.717, 1.165) is 11.3 Å². The van der Waals surface area contributed by atoms with Gasteiger partial charge in [-0.1, -0.05) is 17.7 Å². The first kappa shape index (κ1) is 17.1. The van der Waals surface area contributed by atoms with Gasteiger partial charge in [0.15, 0.2) is 0 Å².